The Morgan fingerprint density at radius 2 is 1.77 bits per heavy atom. The number of benzene rings is 2. The number of aryl methyl sites for hydroxylation is 1. The van der Waals surface area contributed by atoms with Gasteiger partial charge in [0.15, 0.2) is 0 Å². The van der Waals surface area contributed by atoms with E-state index < -0.39 is 10.8 Å². The lowest BCUT2D eigenvalue weighted by atomic mass is 9.78. The molecule has 1 atom stereocenters. The van der Waals surface area contributed by atoms with Gasteiger partial charge in [0, 0.05) is 40.5 Å². The third-order valence-corrected chi connectivity index (χ3v) is 8.90. The van der Waals surface area contributed by atoms with Crippen LogP contribution in [-0.2, 0) is 34.0 Å². The van der Waals surface area contributed by atoms with E-state index in [1.54, 1.807) is 12.1 Å². The third kappa shape index (κ3) is 7.01. The fraction of sp³-hybridized carbons (Fsp3) is 0.467. The first-order valence-corrected chi connectivity index (χ1v) is 14.9. The number of carbonyl (C=O) groups is 1. The Bertz CT molecular complexity index is 1340. The second-order valence-electron chi connectivity index (χ2n) is 11.4. The van der Waals surface area contributed by atoms with Crippen LogP contribution in [0, 0.1) is 16.0 Å². The zero-order valence-electron chi connectivity index (χ0n) is 23.2. The number of fused-ring (bicyclic) bond motifs is 1. The van der Waals surface area contributed by atoms with Crippen molar-refractivity contribution in [1.29, 1.82) is 0 Å². The Balaban J connectivity index is 0.00000112. The van der Waals surface area contributed by atoms with Crippen molar-refractivity contribution in [3.8, 4) is 0 Å². The Morgan fingerprint density at radius 3 is 2.38 bits per heavy atom. The summed E-state index contributed by atoms with van der Waals surface area (Å²) in [7, 11) is -0.862. The van der Waals surface area contributed by atoms with E-state index in [1.807, 2.05) is 24.3 Å². The lowest BCUT2D eigenvalue weighted by molar-refractivity contribution is -0.384. The summed E-state index contributed by atoms with van der Waals surface area (Å²) in [5.41, 5.74) is 4.49. The molecule has 1 fully saturated rings. The van der Waals surface area contributed by atoms with Crippen LogP contribution in [0.25, 0.3) is 0 Å². The first kappa shape index (κ1) is 28.7. The highest BCUT2D eigenvalue weighted by atomic mass is 32.2. The van der Waals surface area contributed by atoms with Crippen molar-refractivity contribution in [1.82, 2.24) is 9.78 Å². The average Bonchev–Trinajstić information content (AvgIpc) is 3.49. The van der Waals surface area contributed by atoms with Crippen LogP contribution in [0.3, 0.4) is 0 Å². The molecule has 2 aliphatic rings. The molecule has 1 aliphatic heterocycles. The van der Waals surface area contributed by atoms with Crippen LogP contribution in [-0.4, -0.2) is 31.0 Å². The summed E-state index contributed by atoms with van der Waals surface area (Å²) in [6, 6.07) is 15.3. The summed E-state index contributed by atoms with van der Waals surface area (Å²) in [5, 5.41) is 19.6. The molecule has 0 spiro atoms. The van der Waals surface area contributed by atoms with Gasteiger partial charge in [-0.1, -0.05) is 12.1 Å². The molecule has 9 heteroatoms. The maximum atomic E-state index is 12.1. The molecule has 1 aliphatic carbocycles. The van der Waals surface area contributed by atoms with E-state index in [-0.39, 0.29) is 16.1 Å². The van der Waals surface area contributed by atoms with E-state index >= 15 is 0 Å². The fourth-order valence-electron chi connectivity index (χ4n) is 5.48. The minimum Gasteiger partial charge on any atom is -0.340 e. The molecule has 208 valence electrons. The number of hydrogen-bond acceptors (Lipinski definition) is 6. The second-order valence-corrected chi connectivity index (χ2v) is 12.9. The van der Waals surface area contributed by atoms with E-state index in [9.17, 15) is 14.3 Å². The number of aldehydes is 1. The lowest BCUT2D eigenvalue weighted by Crippen LogP contribution is -2.25. The van der Waals surface area contributed by atoms with Gasteiger partial charge in [-0.15, -0.1) is 0 Å². The number of rotatable bonds is 6. The number of nitrogens with zero attached hydrogens (tertiary/aromatic N) is 3. The molecular weight excluding hydrogens is 512 g/mol. The lowest BCUT2D eigenvalue weighted by Gasteiger charge is -2.28. The Kier molecular flexibility index (Phi) is 9.00. The molecule has 0 amide bonds. The number of hydrogen-bond donors (Lipinski definition) is 1. The number of nitro groups is 1. The standard InChI is InChI=1S/C28H34N4O3S.C2H4O/c1-28(2,3)31-27(29-23-10-13-26-22(17-23)14-15-36(26)35)18-25(30-31)21-8-4-19(5-9-21)16-20-6-11-24(12-7-20)32(33)34;1-2-3/h6-7,10-13,17-19,21,29H,4-5,8-9,14-16H2,1-3H3;2H,1H3. The van der Waals surface area contributed by atoms with Crippen molar-refractivity contribution >= 4 is 34.3 Å². The number of aromatic nitrogens is 2. The molecule has 2 aromatic carbocycles. The molecule has 5 rings (SSSR count). The van der Waals surface area contributed by atoms with Crippen molar-refractivity contribution in [2.24, 2.45) is 5.92 Å². The highest BCUT2D eigenvalue weighted by Crippen LogP contribution is 2.39. The van der Waals surface area contributed by atoms with E-state index in [4.69, 9.17) is 9.89 Å². The summed E-state index contributed by atoms with van der Waals surface area (Å²) in [4.78, 5) is 20.3. The van der Waals surface area contributed by atoms with Crippen LogP contribution in [0.4, 0.5) is 17.2 Å². The van der Waals surface area contributed by atoms with Crippen molar-refractivity contribution < 1.29 is 13.9 Å². The highest BCUT2D eigenvalue weighted by Gasteiger charge is 2.28. The molecule has 0 radical (unpaired) electrons. The van der Waals surface area contributed by atoms with Crippen molar-refractivity contribution in [2.45, 2.75) is 82.6 Å². The number of non-ortho nitro benzene ring substituents is 1. The number of carbonyl (C=O) groups excluding carboxylic acids is 1. The van der Waals surface area contributed by atoms with Crippen molar-refractivity contribution in [3.05, 3.63) is 75.5 Å². The Labute approximate surface area is 232 Å². The van der Waals surface area contributed by atoms with Gasteiger partial charge in [0.2, 0.25) is 0 Å². The number of nitro benzene ring substituents is 1. The molecule has 3 aromatic rings. The van der Waals surface area contributed by atoms with Gasteiger partial charge in [-0.2, -0.15) is 5.10 Å². The largest absolute Gasteiger partial charge is 0.340 e. The molecule has 1 N–H and O–H groups in total. The summed E-state index contributed by atoms with van der Waals surface area (Å²) < 4.78 is 14.2. The van der Waals surface area contributed by atoms with Gasteiger partial charge in [-0.05, 0) is 101 Å². The van der Waals surface area contributed by atoms with E-state index in [0.717, 1.165) is 72.7 Å². The fourth-order valence-corrected chi connectivity index (χ4v) is 6.78. The van der Waals surface area contributed by atoms with Crippen molar-refractivity contribution in [2.75, 3.05) is 11.1 Å². The molecule has 8 nitrogen and oxygen atoms in total. The maximum Gasteiger partial charge on any atom is 0.269 e. The van der Waals surface area contributed by atoms with Crippen LogP contribution in [0.15, 0.2) is 53.4 Å². The predicted molar refractivity (Wildman–Crippen MR) is 155 cm³/mol. The first-order chi connectivity index (χ1) is 18.6. The monoisotopic (exact) mass is 550 g/mol. The van der Waals surface area contributed by atoms with Gasteiger partial charge in [-0.3, -0.25) is 14.3 Å². The van der Waals surface area contributed by atoms with Crippen LogP contribution in [0.5, 0.6) is 0 Å². The Hall–Kier alpha value is -3.33. The molecule has 39 heavy (non-hydrogen) atoms. The SMILES string of the molecule is CC(C)(C)n1nc(C2CCC(Cc3ccc([N+](=O)[O-])cc3)CC2)cc1Nc1ccc2c(c1)CCS2=O.CC=O. The second kappa shape index (κ2) is 12.2. The van der Waals surface area contributed by atoms with Gasteiger partial charge in [0.25, 0.3) is 5.69 Å². The van der Waals surface area contributed by atoms with E-state index in [0.29, 0.717) is 11.8 Å². The Morgan fingerprint density at radius 1 is 1.10 bits per heavy atom. The normalized spacial score (nSPS) is 20.5. The number of anilines is 2. The van der Waals surface area contributed by atoms with Crippen LogP contribution < -0.4 is 5.32 Å². The van der Waals surface area contributed by atoms with E-state index in [1.165, 1.54) is 18.1 Å². The minimum atomic E-state index is -0.862. The quantitative estimate of drug-likeness (QED) is 0.209. The minimum absolute atomic E-state index is 0.149. The number of nitrogens with one attached hydrogen (secondary N) is 1. The summed E-state index contributed by atoms with van der Waals surface area (Å²) in [6.07, 6.45) is 7.05. The predicted octanol–water partition coefficient (Wildman–Crippen LogP) is 6.68. The molecular formula is C30H38N4O4S. The molecule has 2 heterocycles. The summed E-state index contributed by atoms with van der Waals surface area (Å²) in [5.74, 6) is 2.74. The van der Waals surface area contributed by atoms with Gasteiger partial charge >= 0.3 is 0 Å². The summed E-state index contributed by atoms with van der Waals surface area (Å²) >= 11 is 0. The van der Waals surface area contributed by atoms with Gasteiger partial charge in [-0.25, -0.2) is 4.68 Å². The van der Waals surface area contributed by atoms with Gasteiger partial charge in [0.1, 0.15) is 12.1 Å². The zero-order valence-corrected chi connectivity index (χ0v) is 24.0. The molecule has 0 bridgehead atoms. The van der Waals surface area contributed by atoms with Crippen LogP contribution in [0.1, 0.15) is 76.1 Å². The smallest absolute Gasteiger partial charge is 0.269 e. The molecule has 1 unspecified atom stereocenters. The maximum absolute atomic E-state index is 12.1. The average molecular weight is 551 g/mol. The van der Waals surface area contributed by atoms with Gasteiger partial charge in [0.05, 0.1) is 27.0 Å². The molecule has 1 saturated carbocycles. The summed E-state index contributed by atoms with van der Waals surface area (Å²) in [6.45, 7) is 7.95. The third-order valence-electron chi connectivity index (χ3n) is 7.44. The van der Waals surface area contributed by atoms with Crippen LogP contribution >= 0.6 is 0 Å². The molecule has 1 aromatic heterocycles. The van der Waals surface area contributed by atoms with E-state index in [2.05, 4.69) is 42.9 Å². The van der Waals surface area contributed by atoms with Gasteiger partial charge < -0.3 is 10.1 Å². The van der Waals surface area contributed by atoms with Crippen molar-refractivity contribution in [3.63, 3.8) is 0 Å². The first-order valence-electron chi connectivity index (χ1n) is 13.6. The zero-order chi connectivity index (χ0) is 28.2. The highest BCUT2D eigenvalue weighted by molar-refractivity contribution is 7.85. The molecule has 0 saturated heterocycles. The topological polar surface area (TPSA) is 107 Å². The van der Waals surface area contributed by atoms with Crippen LogP contribution in [0.2, 0.25) is 0 Å².